The van der Waals surface area contributed by atoms with Crippen LogP contribution in [0.15, 0.2) is 24.4 Å². The number of carbonyl (C=O) groups is 4. The van der Waals surface area contributed by atoms with Gasteiger partial charge >= 0.3 is 24.3 Å². The van der Waals surface area contributed by atoms with Gasteiger partial charge in [-0.25, -0.2) is 14.6 Å². The Morgan fingerprint density at radius 1 is 1.00 bits per heavy atom. The number of Topliss-reactive ketones (excluding diaryl/α,β-unsaturated/α-hetero) is 1. The molecule has 1 aromatic carbocycles. The summed E-state index contributed by atoms with van der Waals surface area (Å²) in [5.41, 5.74) is 3.98. The van der Waals surface area contributed by atoms with E-state index in [-0.39, 0.29) is 18.4 Å². The SMILES string of the molecule is CCC(=O)CCCCC[C@H](NC(=O)Cc1c(C)[nH]c2ccc(OC)cc12)c1ncc(CN2CCOCC2)[nH]1.O=C(O)C(F)(F)F.O=C(O)C(F)(F)F. The first-order valence-corrected chi connectivity index (χ1v) is 16.3. The van der Waals surface area contributed by atoms with Crippen LogP contribution in [0.3, 0.4) is 0 Å². The van der Waals surface area contributed by atoms with Gasteiger partial charge in [0.25, 0.3) is 0 Å². The van der Waals surface area contributed by atoms with E-state index < -0.39 is 24.3 Å². The fourth-order valence-electron chi connectivity index (χ4n) is 5.06. The highest BCUT2D eigenvalue weighted by atomic mass is 19.4. The molecule has 5 N–H and O–H groups in total. The molecule has 1 amide bonds. The number of alkyl halides is 6. The number of aryl methyl sites for hydroxylation is 1. The summed E-state index contributed by atoms with van der Waals surface area (Å²) in [6.45, 7) is 7.99. The van der Waals surface area contributed by atoms with Crippen LogP contribution in [0, 0.1) is 6.92 Å². The quantitative estimate of drug-likeness (QED) is 0.102. The van der Waals surface area contributed by atoms with Crippen molar-refractivity contribution in [3.05, 3.63) is 47.2 Å². The maximum atomic E-state index is 13.3. The predicted molar refractivity (Wildman–Crippen MR) is 175 cm³/mol. The van der Waals surface area contributed by atoms with Gasteiger partial charge in [0, 0.05) is 61.0 Å². The average Bonchev–Trinajstić information content (AvgIpc) is 3.67. The van der Waals surface area contributed by atoms with Crippen molar-refractivity contribution in [2.75, 3.05) is 33.4 Å². The number of hydrogen-bond acceptors (Lipinski definition) is 8. The second-order valence-electron chi connectivity index (χ2n) is 11.7. The number of hydrogen-bond donors (Lipinski definition) is 5. The van der Waals surface area contributed by atoms with E-state index in [1.807, 2.05) is 38.2 Å². The zero-order valence-corrected chi connectivity index (χ0v) is 28.9. The molecule has 3 heterocycles. The summed E-state index contributed by atoms with van der Waals surface area (Å²) >= 11 is 0. The van der Waals surface area contributed by atoms with Crippen molar-refractivity contribution < 1.29 is 65.2 Å². The van der Waals surface area contributed by atoms with Crippen LogP contribution < -0.4 is 10.1 Å². The van der Waals surface area contributed by atoms with Crippen LogP contribution in [0.1, 0.15) is 74.3 Å². The number of aliphatic carboxylic acids is 2. The number of rotatable bonds is 14. The molecule has 52 heavy (non-hydrogen) atoms. The number of nitrogens with zero attached hydrogens (tertiary/aromatic N) is 2. The second kappa shape index (κ2) is 20.4. The van der Waals surface area contributed by atoms with E-state index in [0.29, 0.717) is 18.6 Å². The van der Waals surface area contributed by atoms with Gasteiger partial charge in [0.05, 0.1) is 32.8 Å². The monoisotopic (exact) mass is 751 g/mol. The standard InChI is InChI=1S/C29H41N5O4.2C2HF3O2/c1-4-22(35)8-6-5-7-9-27(29-30-18-21(32-29)19-34-12-14-38-15-13-34)33-28(36)17-24-20(2)31-26-11-10-23(37-3)16-25(24)26;2*3-2(4,5)1(6)7/h10-11,16,18,27,31H,4-9,12-15,17,19H2,1-3H3,(H,30,32)(H,33,36);2*(H,6,7)/t27-;;/m0../s1. The number of fused-ring (bicyclic) bond motifs is 1. The molecule has 1 saturated heterocycles. The summed E-state index contributed by atoms with van der Waals surface area (Å²) in [6, 6.07) is 5.65. The van der Waals surface area contributed by atoms with Crippen LogP contribution in [-0.2, 0) is 36.9 Å². The van der Waals surface area contributed by atoms with Crippen molar-refractivity contribution in [3.8, 4) is 5.75 Å². The van der Waals surface area contributed by atoms with Crippen molar-refractivity contribution in [1.82, 2.24) is 25.2 Å². The zero-order chi connectivity index (χ0) is 39.1. The van der Waals surface area contributed by atoms with E-state index >= 15 is 0 Å². The number of morpholine rings is 1. The van der Waals surface area contributed by atoms with Gasteiger partial charge in [-0.05, 0) is 43.5 Å². The number of carboxylic acids is 2. The Kier molecular flexibility index (Phi) is 17.1. The fourth-order valence-corrected chi connectivity index (χ4v) is 5.06. The number of carbonyl (C=O) groups excluding carboxylic acids is 2. The number of halogens is 6. The molecule has 0 unspecified atom stereocenters. The minimum Gasteiger partial charge on any atom is -0.497 e. The smallest absolute Gasteiger partial charge is 0.490 e. The summed E-state index contributed by atoms with van der Waals surface area (Å²) < 4.78 is 74.3. The highest BCUT2D eigenvalue weighted by Crippen LogP contribution is 2.27. The number of aromatic amines is 2. The molecule has 2 aromatic heterocycles. The molecule has 1 aliphatic rings. The Bertz CT molecular complexity index is 1590. The lowest BCUT2D eigenvalue weighted by molar-refractivity contribution is -0.193. The van der Waals surface area contributed by atoms with Crippen molar-refractivity contribution in [2.45, 2.75) is 83.7 Å². The van der Waals surface area contributed by atoms with Crippen molar-refractivity contribution in [3.63, 3.8) is 0 Å². The first-order valence-electron chi connectivity index (χ1n) is 16.3. The molecular weight excluding hydrogens is 708 g/mol. The van der Waals surface area contributed by atoms with Gasteiger partial charge in [-0.3, -0.25) is 14.5 Å². The number of benzene rings is 1. The summed E-state index contributed by atoms with van der Waals surface area (Å²) in [7, 11) is 1.65. The van der Waals surface area contributed by atoms with E-state index in [0.717, 1.165) is 98.0 Å². The molecule has 19 heteroatoms. The largest absolute Gasteiger partial charge is 0.497 e. The van der Waals surface area contributed by atoms with Gasteiger partial charge < -0.3 is 35.0 Å². The number of ether oxygens (including phenoxy) is 2. The molecule has 13 nitrogen and oxygen atoms in total. The summed E-state index contributed by atoms with van der Waals surface area (Å²) in [5, 5.41) is 18.5. The average molecular weight is 752 g/mol. The van der Waals surface area contributed by atoms with E-state index in [2.05, 4.69) is 25.2 Å². The number of imidazole rings is 1. The molecule has 4 rings (SSSR count). The topological polar surface area (TPSA) is 187 Å². The number of nitrogens with one attached hydrogen (secondary N) is 3. The molecule has 3 aromatic rings. The van der Waals surface area contributed by atoms with E-state index in [1.54, 1.807) is 7.11 Å². The van der Waals surface area contributed by atoms with E-state index in [4.69, 9.17) is 29.3 Å². The molecule has 0 saturated carbocycles. The third-order valence-corrected chi connectivity index (χ3v) is 7.80. The number of aromatic nitrogens is 3. The molecule has 1 fully saturated rings. The molecule has 290 valence electrons. The summed E-state index contributed by atoms with van der Waals surface area (Å²) in [4.78, 5) is 56.6. The lowest BCUT2D eigenvalue weighted by atomic mass is 10.0. The number of unbranched alkanes of at least 4 members (excludes halogenated alkanes) is 2. The van der Waals surface area contributed by atoms with Gasteiger partial charge in [0.15, 0.2) is 0 Å². The van der Waals surface area contributed by atoms with Crippen LogP contribution in [0.4, 0.5) is 26.3 Å². The second-order valence-corrected chi connectivity index (χ2v) is 11.7. The number of ketones is 1. The zero-order valence-electron chi connectivity index (χ0n) is 28.9. The van der Waals surface area contributed by atoms with Crippen LogP contribution in [0.5, 0.6) is 5.75 Å². The fraction of sp³-hybridized carbons (Fsp3) is 0.545. The molecule has 0 radical (unpaired) electrons. The number of H-pyrrole nitrogens is 2. The summed E-state index contributed by atoms with van der Waals surface area (Å²) in [5.74, 6) is -3.71. The minimum absolute atomic E-state index is 0.0471. The van der Waals surface area contributed by atoms with Crippen molar-refractivity contribution in [1.29, 1.82) is 0 Å². The predicted octanol–water partition coefficient (Wildman–Crippen LogP) is 5.64. The Morgan fingerprint density at radius 3 is 2.17 bits per heavy atom. The highest BCUT2D eigenvalue weighted by Gasteiger charge is 2.39. The van der Waals surface area contributed by atoms with Crippen molar-refractivity contribution >= 4 is 34.5 Å². The Hall–Kier alpha value is -4.65. The minimum atomic E-state index is -5.08. The van der Waals surface area contributed by atoms with Gasteiger partial charge in [-0.2, -0.15) is 26.3 Å². The van der Waals surface area contributed by atoms with Gasteiger partial charge in [-0.15, -0.1) is 0 Å². The van der Waals surface area contributed by atoms with Crippen molar-refractivity contribution in [2.24, 2.45) is 0 Å². The maximum Gasteiger partial charge on any atom is 0.490 e. The highest BCUT2D eigenvalue weighted by molar-refractivity contribution is 5.91. The Balaban J connectivity index is 0.000000564. The molecule has 0 aliphatic carbocycles. The van der Waals surface area contributed by atoms with E-state index in [1.165, 1.54) is 0 Å². The third kappa shape index (κ3) is 14.9. The first kappa shape index (κ1) is 43.5. The Morgan fingerprint density at radius 2 is 1.62 bits per heavy atom. The number of carboxylic acid groups (broad SMARTS) is 2. The van der Waals surface area contributed by atoms with Crippen LogP contribution in [0.25, 0.3) is 10.9 Å². The number of amides is 1. The maximum absolute atomic E-state index is 13.3. The third-order valence-electron chi connectivity index (χ3n) is 7.80. The molecule has 1 aliphatic heterocycles. The summed E-state index contributed by atoms with van der Waals surface area (Å²) in [6.07, 6.45) is -3.31. The first-order chi connectivity index (χ1) is 24.3. The number of methoxy groups -OCH3 is 1. The molecule has 0 bridgehead atoms. The van der Waals surface area contributed by atoms with Gasteiger partial charge in [0.1, 0.15) is 17.4 Å². The van der Waals surface area contributed by atoms with Gasteiger partial charge in [-0.1, -0.05) is 19.8 Å². The van der Waals surface area contributed by atoms with Crippen LogP contribution in [-0.4, -0.2) is 99.5 Å². The Labute approximate surface area is 295 Å². The molecule has 1 atom stereocenters. The van der Waals surface area contributed by atoms with E-state index in [9.17, 15) is 35.9 Å². The normalized spacial score (nSPS) is 14.0. The lowest BCUT2D eigenvalue weighted by Crippen LogP contribution is -2.35. The molecular formula is C33H43F6N5O8. The lowest BCUT2D eigenvalue weighted by Gasteiger charge is -2.25. The van der Waals surface area contributed by atoms with Crippen LogP contribution >= 0.6 is 0 Å². The molecule has 0 spiro atoms. The van der Waals surface area contributed by atoms with Gasteiger partial charge in [0.2, 0.25) is 5.91 Å². The van der Waals surface area contributed by atoms with Crippen LogP contribution in [0.2, 0.25) is 0 Å².